The highest BCUT2D eigenvalue weighted by Crippen LogP contribution is 2.19. The highest BCUT2D eigenvalue weighted by Gasteiger charge is 2.20. The summed E-state index contributed by atoms with van der Waals surface area (Å²) in [5.74, 6) is -0.0172. The van der Waals surface area contributed by atoms with Gasteiger partial charge in [0.15, 0.2) is 0 Å². The first-order valence-electron chi connectivity index (χ1n) is 36.6. The lowest BCUT2D eigenvalue weighted by atomic mass is 10.0. The van der Waals surface area contributed by atoms with Crippen molar-refractivity contribution in [3.63, 3.8) is 0 Å². The molecule has 0 spiro atoms. The number of carbonyl (C=O) groups is 2. The molecule has 0 saturated carbocycles. The molecular weight excluding hydrogens is 983 g/mol. The quantitative estimate of drug-likeness (QED) is 0.0320. The first kappa shape index (κ1) is 78.3. The highest BCUT2D eigenvalue weighted by atomic mass is 16.5. The molecule has 0 aromatic carbocycles. The number of hydrogen-bond donors (Lipinski definition) is 3. The van der Waals surface area contributed by atoms with Gasteiger partial charge < -0.3 is 20.3 Å². The zero-order valence-electron chi connectivity index (χ0n) is 54.3. The maximum Gasteiger partial charge on any atom is 0.305 e. The minimum absolute atomic E-state index is 0.0106. The number of aliphatic hydroxyl groups is 2. The summed E-state index contributed by atoms with van der Waals surface area (Å²) in [6, 6.07) is -0.538. The molecule has 0 saturated heterocycles. The Bertz CT molecular complexity index is 1250. The van der Waals surface area contributed by atoms with Crippen molar-refractivity contribution in [2.24, 2.45) is 0 Å². The van der Waals surface area contributed by atoms with Gasteiger partial charge in [0.1, 0.15) is 0 Å². The Balaban J connectivity index is 3.33. The van der Waals surface area contributed by atoms with Crippen LogP contribution in [0.2, 0.25) is 0 Å². The van der Waals surface area contributed by atoms with Crippen LogP contribution in [0.25, 0.3) is 0 Å². The number of allylic oxidation sites excluding steroid dienone is 4. The molecule has 2 atom stereocenters. The molecule has 2 unspecified atom stereocenters. The zero-order chi connectivity index (χ0) is 57.8. The second-order valence-corrected chi connectivity index (χ2v) is 25.3. The monoisotopic (exact) mass is 1130 g/mol. The summed E-state index contributed by atoms with van der Waals surface area (Å²) in [5, 5.41) is 23.4. The molecule has 0 rings (SSSR count). The summed E-state index contributed by atoms with van der Waals surface area (Å²) in [4.78, 5) is 24.5. The number of amides is 1. The molecule has 6 heteroatoms. The van der Waals surface area contributed by atoms with E-state index in [4.69, 9.17) is 4.74 Å². The summed E-state index contributed by atoms with van der Waals surface area (Å²) in [6.45, 7) is 4.96. The lowest BCUT2D eigenvalue weighted by Crippen LogP contribution is -2.45. The second kappa shape index (κ2) is 69.8. The minimum atomic E-state index is -0.661. The van der Waals surface area contributed by atoms with Crippen LogP contribution >= 0.6 is 0 Å². The minimum Gasteiger partial charge on any atom is -0.466 e. The van der Waals surface area contributed by atoms with Gasteiger partial charge in [-0.05, 0) is 77.0 Å². The summed E-state index contributed by atoms with van der Waals surface area (Å²) in [7, 11) is 0. The molecule has 0 aliphatic heterocycles. The van der Waals surface area contributed by atoms with Crippen LogP contribution in [-0.4, -0.2) is 47.4 Å². The van der Waals surface area contributed by atoms with E-state index >= 15 is 0 Å². The summed E-state index contributed by atoms with van der Waals surface area (Å²) in [6.07, 6.45) is 88.2. The van der Waals surface area contributed by atoms with E-state index in [2.05, 4.69) is 43.5 Å². The fourth-order valence-electron chi connectivity index (χ4n) is 11.6. The Morgan fingerprint density at radius 3 is 0.912 bits per heavy atom. The molecular formula is C74H143NO5. The van der Waals surface area contributed by atoms with Gasteiger partial charge in [-0.15, -0.1) is 0 Å². The molecule has 0 aliphatic rings. The van der Waals surface area contributed by atoms with Crippen molar-refractivity contribution in [1.29, 1.82) is 0 Å². The summed E-state index contributed by atoms with van der Waals surface area (Å²) in [5.41, 5.74) is 0. The third-order valence-electron chi connectivity index (χ3n) is 17.2. The van der Waals surface area contributed by atoms with Crippen molar-refractivity contribution >= 4 is 11.9 Å². The van der Waals surface area contributed by atoms with Crippen molar-refractivity contribution < 1.29 is 24.5 Å². The Morgan fingerprint density at radius 2 is 0.588 bits per heavy atom. The van der Waals surface area contributed by atoms with Crippen molar-refractivity contribution in [2.75, 3.05) is 13.2 Å². The van der Waals surface area contributed by atoms with E-state index < -0.39 is 12.1 Å². The van der Waals surface area contributed by atoms with Gasteiger partial charge in [-0.25, -0.2) is 0 Å². The normalized spacial score (nSPS) is 12.6. The number of hydrogen-bond acceptors (Lipinski definition) is 5. The van der Waals surface area contributed by atoms with E-state index in [9.17, 15) is 19.8 Å². The molecule has 6 nitrogen and oxygen atoms in total. The van der Waals surface area contributed by atoms with Crippen molar-refractivity contribution in [2.45, 2.75) is 424 Å². The molecule has 0 aliphatic carbocycles. The lowest BCUT2D eigenvalue weighted by Gasteiger charge is -2.22. The molecule has 3 N–H and O–H groups in total. The molecule has 0 fully saturated rings. The van der Waals surface area contributed by atoms with Crippen LogP contribution in [0.3, 0.4) is 0 Å². The van der Waals surface area contributed by atoms with Gasteiger partial charge >= 0.3 is 5.97 Å². The largest absolute Gasteiger partial charge is 0.466 e. The number of ether oxygens (including phenoxy) is 1. The van der Waals surface area contributed by atoms with Gasteiger partial charge in [0.25, 0.3) is 0 Å². The molecule has 1 amide bonds. The van der Waals surface area contributed by atoms with Gasteiger partial charge in [-0.2, -0.15) is 0 Å². The number of carbonyl (C=O) groups excluding carboxylic acids is 2. The average Bonchev–Trinajstić information content (AvgIpc) is 3.46. The Labute approximate surface area is 501 Å². The maximum absolute atomic E-state index is 12.5. The number of rotatable bonds is 69. The molecule has 0 bridgehead atoms. The van der Waals surface area contributed by atoms with Crippen molar-refractivity contribution in [3.05, 3.63) is 24.3 Å². The first-order chi connectivity index (χ1) is 39.5. The standard InChI is InChI=1S/C74H143NO5/c1-3-5-7-9-11-13-15-17-18-40-43-46-50-54-58-62-66-72(77)71(70-76)75-73(78)67-63-59-55-51-47-44-41-38-36-34-32-30-28-26-24-22-20-19-21-23-25-27-29-31-33-35-37-39-42-45-49-53-57-61-65-69-80-74(79)68-64-60-56-52-48-16-14-12-10-8-6-4-2/h12,14,21,23,71-72,76-77H,3-11,13,15-20,22,24-70H2,1-2H3,(H,75,78)/b14-12-,23-21-. The van der Waals surface area contributed by atoms with Crippen molar-refractivity contribution in [3.8, 4) is 0 Å². The lowest BCUT2D eigenvalue weighted by molar-refractivity contribution is -0.143. The van der Waals surface area contributed by atoms with E-state index in [1.54, 1.807) is 0 Å². The third kappa shape index (κ3) is 65.5. The van der Waals surface area contributed by atoms with E-state index in [0.717, 1.165) is 44.9 Å². The maximum atomic E-state index is 12.5. The van der Waals surface area contributed by atoms with Crippen LogP contribution in [0.4, 0.5) is 0 Å². The Morgan fingerprint density at radius 1 is 0.338 bits per heavy atom. The molecule has 0 aromatic heterocycles. The van der Waals surface area contributed by atoms with Crippen LogP contribution in [-0.2, 0) is 14.3 Å². The zero-order valence-corrected chi connectivity index (χ0v) is 54.3. The molecule has 0 aromatic rings. The van der Waals surface area contributed by atoms with Crippen molar-refractivity contribution in [1.82, 2.24) is 5.32 Å². The third-order valence-corrected chi connectivity index (χ3v) is 17.2. The van der Waals surface area contributed by atoms with Crippen LogP contribution in [0.15, 0.2) is 24.3 Å². The average molecular weight is 1130 g/mol. The van der Waals surface area contributed by atoms with E-state index in [1.807, 2.05) is 0 Å². The number of esters is 1. The predicted octanol–water partition coefficient (Wildman–Crippen LogP) is 23.7. The van der Waals surface area contributed by atoms with Crippen LogP contribution < -0.4 is 5.32 Å². The van der Waals surface area contributed by atoms with E-state index in [-0.39, 0.29) is 18.5 Å². The molecule has 474 valence electrons. The van der Waals surface area contributed by atoms with Crippen LogP contribution in [0, 0.1) is 0 Å². The predicted molar refractivity (Wildman–Crippen MR) is 352 cm³/mol. The Kier molecular flexibility index (Phi) is 68.4. The van der Waals surface area contributed by atoms with Gasteiger partial charge in [0.05, 0.1) is 25.4 Å². The number of unbranched alkanes of at least 4 members (excludes halogenated alkanes) is 54. The fourth-order valence-corrected chi connectivity index (χ4v) is 11.6. The Hall–Kier alpha value is -1.66. The van der Waals surface area contributed by atoms with E-state index in [1.165, 1.54) is 334 Å². The van der Waals surface area contributed by atoms with Gasteiger partial charge in [0.2, 0.25) is 5.91 Å². The number of nitrogens with one attached hydrogen (secondary N) is 1. The SMILES string of the molecule is CCCCC/C=C\CCCCCCCC(=O)OCCCCCCCCCCCCCCCC/C=C\CCCCCCCCCCCCCCCCCCCC(=O)NC(CO)C(O)CCCCCCCCCCCCCCCCCC. The molecule has 80 heavy (non-hydrogen) atoms. The summed E-state index contributed by atoms with van der Waals surface area (Å²) >= 11 is 0. The molecule has 0 heterocycles. The topological polar surface area (TPSA) is 95.9 Å². The first-order valence-corrected chi connectivity index (χ1v) is 36.6. The van der Waals surface area contributed by atoms with Crippen LogP contribution in [0.1, 0.15) is 412 Å². The van der Waals surface area contributed by atoms with Gasteiger partial charge in [0, 0.05) is 12.8 Å². The van der Waals surface area contributed by atoms with Gasteiger partial charge in [-0.3, -0.25) is 9.59 Å². The smallest absolute Gasteiger partial charge is 0.305 e. The van der Waals surface area contributed by atoms with Gasteiger partial charge in [-0.1, -0.05) is 346 Å². The van der Waals surface area contributed by atoms with E-state index in [0.29, 0.717) is 25.9 Å². The number of aliphatic hydroxyl groups excluding tert-OH is 2. The fraction of sp³-hybridized carbons (Fsp3) is 0.919. The molecule has 0 radical (unpaired) electrons. The van der Waals surface area contributed by atoms with Crippen LogP contribution in [0.5, 0.6) is 0 Å². The highest BCUT2D eigenvalue weighted by molar-refractivity contribution is 5.76. The summed E-state index contributed by atoms with van der Waals surface area (Å²) < 4.78 is 5.48. The second-order valence-electron chi connectivity index (χ2n) is 25.3.